The molecular weight excluding hydrogens is 174 g/mol. The Labute approximate surface area is 58.5 Å². The highest BCUT2D eigenvalue weighted by Crippen LogP contribution is 2.39. The smallest absolute Gasteiger partial charge is 0.212 e. The van der Waals surface area contributed by atoms with Crippen molar-refractivity contribution >= 4 is 0 Å². The van der Waals surface area contributed by atoms with Gasteiger partial charge in [0, 0.05) is 6.92 Å². The van der Waals surface area contributed by atoms with Crippen LogP contribution in [0.1, 0.15) is 6.92 Å². The number of rotatable bonds is 2. The monoisotopic (exact) mass is 178 g/mol. The lowest BCUT2D eigenvalue weighted by Gasteiger charge is -2.20. The summed E-state index contributed by atoms with van der Waals surface area (Å²) in [5, 5.41) is 0. The van der Waals surface area contributed by atoms with Gasteiger partial charge < -0.3 is 0 Å². The number of hydrogen-bond acceptors (Lipinski definition) is 0. The van der Waals surface area contributed by atoms with Crippen molar-refractivity contribution in [1.82, 2.24) is 0 Å². The van der Waals surface area contributed by atoms with E-state index in [9.17, 15) is 26.3 Å². The normalized spacial score (nSPS) is 15.4. The van der Waals surface area contributed by atoms with Gasteiger partial charge in [-0.25, -0.2) is 8.78 Å². The van der Waals surface area contributed by atoms with E-state index in [0.717, 1.165) is 0 Å². The lowest BCUT2D eigenvalue weighted by molar-refractivity contribution is -0.183. The molecule has 0 radical (unpaired) electrons. The highest BCUT2D eigenvalue weighted by Gasteiger charge is 2.56. The maximum atomic E-state index is 11.9. The summed E-state index contributed by atoms with van der Waals surface area (Å²) in [6.45, 7) is -0.198. The van der Waals surface area contributed by atoms with E-state index < -0.39 is 24.0 Å². The van der Waals surface area contributed by atoms with Crippen LogP contribution in [0, 0.1) is 0 Å². The zero-order valence-corrected chi connectivity index (χ0v) is 5.35. The Hall–Kier alpha value is -0.680. The third kappa shape index (κ3) is 1.87. The van der Waals surface area contributed by atoms with Gasteiger partial charge in [0.25, 0.3) is 0 Å². The van der Waals surface area contributed by atoms with Crippen molar-refractivity contribution in [3.05, 3.63) is 12.2 Å². The van der Waals surface area contributed by atoms with Crippen molar-refractivity contribution < 1.29 is 26.3 Å². The highest BCUT2D eigenvalue weighted by atomic mass is 19.3. The van der Waals surface area contributed by atoms with E-state index in [1.54, 1.807) is 0 Å². The molecule has 0 spiro atoms. The molecule has 0 aliphatic heterocycles. The van der Waals surface area contributed by atoms with Gasteiger partial charge in [-0.2, -0.15) is 17.6 Å². The van der Waals surface area contributed by atoms with Crippen LogP contribution in [-0.2, 0) is 0 Å². The maximum Gasteiger partial charge on any atom is 0.362 e. The lowest BCUT2D eigenvalue weighted by atomic mass is 10.2. The molecule has 0 N–H and O–H groups in total. The van der Waals surface area contributed by atoms with Crippen LogP contribution in [-0.4, -0.2) is 11.8 Å². The third-order valence-electron chi connectivity index (χ3n) is 0.947. The van der Waals surface area contributed by atoms with Crippen LogP contribution >= 0.6 is 0 Å². The van der Waals surface area contributed by atoms with Crippen molar-refractivity contribution in [2.75, 3.05) is 0 Å². The van der Waals surface area contributed by atoms with E-state index in [1.165, 1.54) is 0 Å². The molecule has 0 bridgehead atoms. The molecule has 0 aromatic carbocycles. The molecule has 0 heterocycles. The Bertz CT molecular complexity index is 164. The molecule has 0 aromatic heterocycles. The summed E-state index contributed by atoms with van der Waals surface area (Å²) in [6, 6.07) is 0. The van der Waals surface area contributed by atoms with Crippen LogP contribution in [0.2, 0.25) is 0 Å². The average molecular weight is 178 g/mol. The van der Waals surface area contributed by atoms with Gasteiger partial charge in [0.15, 0.2) is 0 Å². The Balaban J connectivity index is 4.74. The van der Waals surface area contributed by atoms with E-state index in [4.69, 9.17) is 0 Å². The van der Waals surface area contributed by atoms with Crippen molar-refractivity contribution in [3.63, 3.8) is 0 Å². The third-order valence-corrected chi connectivity index (χ3v) is 0.947. The van der Waals surface area contributed by atoms with Gasteiger partial charge in [-0.1, -0.05) is 0 Å². The van der Waals surface area contributed by atoms with Gasteiger partial charge in [0.1, 0.15) is 6.33 Å². The fraction of sp³-hybridized carbons (Fsp3) is 0.600. The minimum atomic E-state index is -5.07. The topological polar surface area (TPSA) is 0 Å². The summed E-state index contributed by atoms with van der Waals surface area (Å²) in [6.07, 6.45) is -1.18. The fourth-order valence-corrected chi connectivity index (χ4v) is 0.278. The summed E-state index contributed by atoms with van der Waals surface area (Å²) in [5.74, 6) is -12.4. The van der Waals surface area contributed by atoms with Gasteiger partial charge >= 0.3 is 11.8 Å². The Morgan fingerprint density at radius 3 is 1.64 bits per heavy atom. The standard InChI is InChI=1S/C5H4F6/c1-4(8,9)5(10,11)3(7)2-6/h2H,1H3. The van der Waals surface area contributed by atoms with Crippen LogP contribution in [0.15, 0.2) is 12.2 Å². The second kappa shape index (κ2) is 2.75. The molecule has 0 aromatic rings. The highest BCUT2D eigenvalue weighted by molar-refractivity contribution is 5.06. The minimum absolute atomic E-state index is 0.198. The maximum absolute atomic E-state index is 11.9. The van der Waals surface area contributed by atoms with Crippen LogP contribution < -0.4 is 0 Å². The molecule has 0 atom stereocenters. The van der Waals surface area contributed by atoms with E-state index >= 15 is 0 Å². The van der Waals surface area contributed by atoms with Crippen LogP contribution in [0.25, 0.3) is 0 Å². The van der Waals surface area contributed by atoms with Gasteiger partial charge in [-0.3, -0.25) is 0 Å². The first-order chi connectivity index (χ1) is 4.73. The molecular formula is C5H4F6. The average Bonchev–Trinajstić information content (AvgIpc) is 1.83. The molecule has 6 heteroatoms. The van der Waals surface area contributed by atoms with E-state index in [2.05, 4.69) is 0 Å². The van der Waals surface area contributed by atoms with E-state index in [1.807, 2.05) is 0 Å². The molecule has 0 nitrogen and oxygen atoms in total. The lowest BCUT2D eigenvalue weighted by Crippen LogP contribution is -2.38. The van der Waals surface area contributed by atoms with Crippen LogP contribution in [0.5, 0.6) is 0 Å². The van der Waals surface area contributed by atoms with Crippen LogP contribution in [0.4, 0.5) is 26.3 Å². The molecule has 0 aliphatic rings. The summed E-state index contributed by atoms with van der Waals surface area (Å²) in [7, 11) is 0. The second-order valence-corrected chi connectivity index (χ2v) is 1.92. The minimum Gasteiger partial charge on any atom is -0.212 e. The van der Waals surface area contributed by atoms with E-state index in [0.29, 0.717) is 0 Å². The summed E-state index contributed by atoms with van der Waals surface area (Å²) in [4.78, 5) is 0. The van der Waals surface area contributed by atoms with Gasteiger partial charge in [0.05, 0.1) is 0 Å². The molecule has 0 aliphatic carbocycles. The Morgan fingerprint density at radius 1 is 1.18 bits per heavy atom. The molecule has 66 valence electrons. The largest absolute Gasteiger partial charge is 0.362 e. The predicted octanol–water partition coefficient (Wildman–Crippen LogP) is 3.06. The summed E-state index contributed by atoms with van der Waals surface area (Å²) in [5.41, 5.74) is 0. The molecule has 11 heavy (non-hydrogen) atoms. The number of allylic oxidation sites excluding steroid dienone is 1. The summed E-state index contributed by atoms with van der Waals surface area (Å²) < 4.78 is 70.0. The number of alkyl halides is 4. The second-order valence-electron chi connectivity index (χ2n) is 1.92. The van der Waals surface area contributed by atoms with Crippen molar-refractivity contribution in [2.45, 2.75) is 18.8 Å². The van der Waals surface area contributed by atoms with Crippen molar-refractivity contribution in [2.24, 2.45) is 0 Å². The quantitative estimate of drug-likeness (QED) is 0.570. The number of hydrogen-bond donors (Lipinski definition) is 0. The molecule has 0 amide bonds. The SMILES string of the molecule is CC(F)(F)C(F)(F)C(F)=CF. The van der Waals surface area contributed by atoms with Gasteiger partial charge in [0.2, 0.25) is 5.83 Å². The zero-order valence-electron chi connectivity index (χ0n) is 5.35. The van der Waals surface area contributed by atoms with Crippen LogP contribution in [0.3, 0.4) is 0 Å². The molecule has 0 rings (SSSR count). The van der Waals surface area contributed by atoms with Gasteiger partial charge in [-0.15, -0.1) is 0 Å². The van der Waals surface area contributed by atoms with E-state index in [-0.39, 0.29) is 6.92 Å². The Kier molecular flexibility index (Phi) is 2.58. The molecule has 0 unspecified atom stereocenters. The first-order valence-corrected chi connectivity index (χ1v) is 2.45. The predicted molar refractivity (Wildman–Crippen MR) is 25.9 cm³/mol. The number of halogens is 6. The zero-order chi connectivity index (χ0) is 9.28. The first kappa shape index (κ1) is 10.3. The fourth-order valence-electron chi connectivity index (χ4n) is 0.278. The Morgan fingerprint density at radius 2 is 1.55 bits per heavy atom. The summed E-state index contributed by atoms with van der Waals surface area (Å²) >= 11 is 0. The van der Waals surface area contributed by atoms with Crippen molar-refractivity contribution in [3.8, 4) is 0 Å². The van der Waals surface area contributed by atoms with Crippen molar-refractivity contribution in [1.29, 1.82) is 0 Å². The first-order valence-electron chi connectivity index (χ1n) is 2.45. The molecule has 0 fully saturated rings. The van der Waals surface area contributed by atoms with Gasteiger partial charge in [-0.05, 0) is 0 Å². The molecule has 0 saturated carbocycles. The molecule has 0 saturated heterocycles.